The minimum absolute atomic E-state index is 0.0399. The Balaban J connectivity index is 4.36. The number of carbonyl (C=O) groups is 2. The average molecular weight is 279 g/mol. The number of sulfone groups is 1. The van der Waals surface area contributed by atoms with Gasteiger partial charge in [-0.1, -0.05) is 19.8 Å². The van der Waals surface area contributed by atoms with E-state index in [4.69, 9.17) is 5.11 Å². The number of nitrogens with one attached hydrogen (secondary N) is 1. The zero-order valence-electron chi connectivity index (χ0n) is 11.0. The maximum Gasteiger partial charge on any atom is 0.328 e. The van der Waals surface area contributed by atoms with Crippen molar-refractivity contribution in [2.45, 2.75) is 45.6 Å². The minimum Gasteiger partial charge on any atom is -0.480 e. The van der Waals surface area contributed by atoms with E-state index in [0.29, 0.717) is 6.42 Å². The van der Waals surface area contributed by atoms with Crippen LogP contribution in [0.4, 0.5) is 0 Å². The van der Waals surface area contributed by atoms with Gasteiger partial charge < -0.3 is 10.4 Å². The summed E-state index contributed by atoms with van der Waals surface area (Å²) in [5, 5.41) is 11.0. The van der Waals surface area contributed by atoms with Crippen molar-refractivity contribution in [2.75, 3.05) is 11.5 Å². The maximum atomic E-state index is 11.6. The van der Waals surface area contributed by atoms with Crippen LogP contribution < -0.4 is 5.32 Å². The number of rotatable bonds is 8. The molecule has 0 aromatic heterocycles. The molecule has 0 aliphatic carbocycles. The van der Waals surface area contributed by atoms with Crippen LogP contribution in [0.1, 0.15) is 40.0 Å². The highest BCUT2D eigenvalue weighted by Crippen LogP contribution is 2.04. The van der Waals surface area contributed by atoms with Gasteiger partial charge in [-0.25, -0.2) is 13.2 Å². The molecule has 0 spiro atoms. The smallest absolute Gasteiger partial charge is 0.328 e. The van der Waals surface area contributed by atoms with E-state index >= 15 is 0 Å². The molecule has 0 aliphatic rings. The highest BCUT2D eigenvalue weighted by atomic mass is 32.2. The molecule has 2 N–H and O–H groups in total. The highest BCUT2D eigenvalue weighted by Gasteiger charge is 2.30. The molecule has 0 saturated heterocycles. The van der Waals surface area contributed by atoms with Crippen LogP contribution in [0, 0.1) is 0 Å². The Morgan fingerprint density at radius 1 is 1.22 bits per heavy atom. The van der Waals surface area contributed by atoms with Crippen LogP contribution in [-0.4, -0.2) is 42.4 Å². The van der Waals surface area contributed by atoms with E-state index in [1.54, 1.807) is 0 Å². The zero-order valence-corrected chi connectivity index (χ0v) is 11.8. The highest BCUT2D eigenvalue weighted by molar-refractivity contribution is 7.92. The molecule has 0 bridgehead atoms. The average Bonchev–Trinajstić information content (AvgIpc) is 2.15. The van der Waals surface area contributed by atoms with Gasteiger partial charge in [-0.15, -0.1) is 0 Å². The number of aliphatic carboxylic acids is 1. The Hall–Kier alpha value is -1.11. The van der Waals surface area contributed by atoms with Gasteiger partial charge in [0, 0.05) is 0 Å². The third-order valence-electron chi connectivity index (χ3n) is 2.40. The number of hydrogen-bond donors (Lipinski definition) is 2. The molecule has 1 amide bonds. The van der Waals surface area contributed by atoms with Crippen LogP contribution in [0.2, 0.25) is 0 Å². The Morgan fingerprint density at radius 2 is 1.78 bits per heavy atom. The largest absolute Gasteiger partial charge is 0.480 e. The Labute approximate surface area is 108 Å². The molecular formula is C11H21NO5S. The summed E-state index contributed by atoms with van der Waals surface area (Å²) in [6, 6.07) is 0. The second-order valence-corrected chi connectivity index (χ2v) is 6.96. The van der Waals surface area contributed by atoms with Gasteiger partial charge in [0.15, 0.2) is 9.84 Å². The van der Waals surface area contributed by atoms with Crippen molar-refractivity contribution in [3.63, 3.8) is 0 Å². The summed E-state index contributed by atoms with van der Waals surface area (Å²) in [6.45, 7) is 4.56. The predicted octanol–water partition coefficient (Wildman–Crippen LogP) is 0.571. The third-order valence-corrected chi connectivity index (χ3v) is 4.01. The van der Waals surface area contributed by atoms with Crippen molar-refractivity contribution >= 4 is 21.7 Å². The first-order chi connectivity index (χ1) is 8.10. The van der Waals surface area contributed by atoms with Gasteiger partial charge in [-0.2, -0.15) is 0 Å². The lowest BCUT2D eigenvalue weighted by atomic mass is 10.1. The van der Waals surface area contributed by atoms with Gasteiger partial charge in [-0.05, 0) is 20.3 Å². The lowest BCUT2D eigenvalue weighted by Crippen LogP contribution is -2.51. The van der Waals surface area contributed by atoms with Crippen molar-refractivity contribution < 1.29 is 23.1 Å². The normalized spacial score (nSPS) is 12.2. The maximum absolute atomic E-state index is 11.6. The summed E-state index contributed by atoms with van der Waals surface area (Å²) in [5.41, 5.74) is -1.46. The molecule has 106 valence electrons. The summed E-state index contributed by atoms with van der Waals surface area (Å²) in [5.74, 6) is -2.69. The summed E-state index contributed by atoms with van der Waals surface area (Å²) in [7, 11) is -3.46. The molecule has 0 aromatic carbocycles. The SMILES string of the molecule is CCCCCS(=O)(=O)CC(=O)NC(C)(C)C(=O)O. The minimum atomic E-state index is -3.46. The molecule has 0 unspecified atom stereocenters. The number of amides is 1. The van der Waals surface area contributed by atoms with Crippen molar-refractivity contribution in [2.24, 2.45) is 0 Å². The van der Waals surface area contributed by atoms with E-state index in [1.165, 1.54) is 13.8 Å². The van der Waals surface area contributed by atoms with Crippen molar-refractivity contribution in [1.29, 1.82) is 0 Å². The number of carboxylic acid groups (broad SMARTS) is 1. The molecular weight excluding hydrogens is 258 g/mol. The molecule has 0 heterocycles. The van der Waals surface area contributed by atoms with Crippen LogP contribution in [-0.2, 0) is 19.4 Å². The van der Waals surface area contributed by atoms with Gasteiger partial charge in [-0.3, -0.25) is 4.79 Å². The fourth-order valence-electron chi connectivity index (χ4n) is 1.28. The van der Waals surface area contributed by atoms with E-state index in [0.717, 1.165) is 12.8 Å². The van der Waals surface area contributed by atoms with Gasteiger partial charge >= 0.3 is 5.97 Å². The number of carbonyl (C=O) groups excluding carboxylic acids is 1. The molecule has 7 heteroatoms. The van der Waals surface area contributed by atoms with Gasteiger partial charge in [0.25, 0.3) is 0 Å². The summed E-state index contributed by atoms with van der Waals surface area (Å²) < 4.78 is 23.1. The van der Waals surface area contributed by atoms with E-state index in [9.17, 15) is 18.0 Å². The first-order valence-corrected chi connectivity index (χ1v) is 7.67. The van der Waals surface area contributed by atoms with Crippen molar-refractivity contribution in [3.05, 3.63) is 0 Å². The van der Waals surface area contributed by atoms with Crippen LogP contribution in [0.5, 0.6) is 0 Å². The topological polar surface area (TPSA) is 101 Å². The van der Waals surface area contributed by atoms with Gasteiger partial charge in [0.2, 0.25) is 5.91 Å². The first kappa shape index (κ1) is 16.9. The van der Waals surface area contributed by atoms with Crippen LogP contribution >= 0.6 is 0 Å². The van der Waals surface area contributed by atoms with Crippen LogP contribution in [0.15, 0.2) is 0 Å². The van der Waals surface area contributed by atoms with Gasteiger partial charge in [0.05, 0.1) is 5.75 Å². The zero-order chi connectivity index (χ0) is 14.4. The molecule has 6 nitrogen and oxygen atoms in total. The molecule has 0 aromatic rings. The standard InChI is InChI=1S/C11H21NO5S/c1-4-5-6-7-18(16,17)8-9(13)12-11(2,3)10(14)15/h4-8H2,1-3H3,(H,12,13)(H,14,15). The Kier molecular flexibility index (Phi) is 6.31. The second kappa shape index (κ2) is 6.72. The number of unbranched alkanes of at least 4 members (excludes halogenated alkanes) is 2. The Morgan fingerprint density at radius 3 is 2.22 bits per heavy atom. The van der Waals surface area contributed by atoms with Crippen molar-refractivity contribution in [1.82, 2.24) is 5.32 Å². The molecule has 0 aliphatic heterocycles. The first-order valence-electron chi connectivity index (χ1n) is 5.85. The summed E-state index contributed by atoms with van der Waals surface area (Å²) >= 11 is 0. The molecule has 0 fully saturated rings. The van der Waals surface area contributed by atoms with E-state index in [2.05, 4.69) is 5.32 Å². The molecule has 0 saturated carbocycles. The van der Waals surface area contributed by atoms with Crippen LogP contribution in [0.3, 0.4) is 0 Å². The van der Waals surface area contributed by atoms with Crippen LogP contribution in [0.25, 0.3) is 0 Å². The molecule has 0 atom stereocenters. The molecule has 18 heavy (non-hydrogen) atoms. The summed E-state index contributed by atoms with van der Waals surface area (Å²) in [6.07, 6.45) is 2.21. The monoisotopic (exact) mass is 279 g/mol. The van der Waals surface area contributed by atoms with E-state index in [1.807, 2.05) is 6.92 Å². The summed E-state index contributed by atoms with van der Waals surface area (Å²) in [4.78, 5) is 22.2. The lowest BCUT2D eigenvalue weighted by molar-refractivity contribution is -0.145. The quantitative estimate of drug-likeness (QED) is 0.633. The van der Waals surface area contributed by atoms with E-state index in [-0.39, 0.29) is 5.75 Å². The fraction of sp³-hybridized carbons (Fsp3) is 0.818. The molecule has 0 radical (unpaired) electrons. The van der Waals surface area contributed by atoms with Crippen molar-refractivity contribution in [3.8, 4) is 0 Å². The third kappa shape index (κ3) is 6.58. The van der Waals surface area contributed by atoms with Gasteiger partial charge in [0.1, 0.15) is 11.3 Å². The predicted molar refractivity (Wildman–Crippen MR) is 68.0 cm³/mol. The van der Waals surface area contributed by atoms with E-state index < -0.39 is 33.0 Å². The fourth-order valence-corrected chi connectivity index (χ4v) is 2.54. The number of carboxylic acids is 1. The second-order valence-electron chi connectivity index (χ2n) is 4.78. The molecule has 0 rings (SSSR count). The Bertz CT molecular complexity index is 400. The lowest BCUT2D eigenvalue weighted by Gasteiger charge is -2.20. The number of hydrogen-bond acceptors (Lipinski definition) is 4.